The van der Waals surface area contributed by atoms with E-state index in [1.54, 1.807) is 0 Å². The van der Waals surface area contributed by atoms with Crippen molar-refractivity contribution < 1.29 is 23.3 Å². The number of nitrogens with one attached hydrogen (secondary N) is 1. The van der Waals surface area contributed by atoms with Crippen molar-refractivity contribution in [1.29, 1.82) is 0 Å². The second-order valence-corrected chi connectivity index (χ2v) is 7.81. The third-order valence-electron chi connectivity index (χ3n) is 5.77. The van der Waals surface area contributed by atoms with Crippen molar-refractivity contribution in [2.24, 2.45) is 0 Å². The summed E-state index contributed by atoms with van der Waals surface area (Å²) in [6, 6.07) is 10.0. The molecule has 2 aromatic carbocycles. The zero-order chi connectivity index (χ0) is 19.8. The number of carbonyl (C=O) groups excluding carboxylic acids is 2. The molecular weight excluding hydrogens is 386 g/mol. The summed E-state index contributed by atoms with van der Waals surface area (Å²) in [6.45, 7) is 1.54. The standard InChI is InChI=1S/C21H19ClF2N2O2/c22-17-11-16(5-6-18(17)24)26-20(27)12-19(21(26)28)25-9-7-14(8-10-25)13-1-3-15(23)4-2-13/h1-6,11,14,19H,7-10,12H2/p+1/t19-/m0/s1. The summed E-state index contributed by atoms with van der Waals surface area (Å²) in [5.41, 5.74) is 1.42. The fraction of sp³-hybridized carbons (Fsp3) is 0.333. The minimum absolute atomic E-state index is 0.117. The van der Waals surface area contributed by atoms with Gasteiger partial charge in [-0.1, -0.05) is 23.7 Å². The number of halogens is 3. The molecule has 2 heterocycles. The smallest absolute Gasteiger partial charge is 0.292 e. The molecule has 2 fully saturated rings. The highest BCUT2D eigenvalue weighted by atomic mass is 35.5. The van der Waals surface area contributed by atoms with Crippen LogP contribution in [0.5, 0.6) is 0 Å². The average molecular weight is 406 g/mol. The Hall–Kier alpha value is -2.31. The minimum atomic E-state index is -0.588. The zero-order valence-electron chi connectivity index (χ0n) is 15.1. The fourth-order valence-corrected chi connectivity index (χ4v) is 4.43. The minimum Gasteiger partial charge on any atom is -0.324 e. The van der Waals surface area contributed by atoms with Crippen LogP contribution in [0.15, 0.2) is 42.5 Å². The Kier molecular flexibility index (Phi) is 5.17. The lowest BCUT2D eigenvalue weighted by atomic mass is 9.89. The van der Waals surface area contributed by atoms with Crippen molar-refractivity contribution in [2.75, 3.05) is 18.0 Å². The molecule has 0 unspecified atom stereocenters. The predicted molar refractivity (Wildman–Crippen MR) is 101 cm³/mol. The van der Waals surface area contributed by atoms with Crippen molar-refractivity contribution >= 4 is 29.1 Å². The second kappa shape index (κ2) is 7.60. The van der Waals surface area contributed by atoms with Gasteiger partial charge in [-0.05, 0) is 41.8 Å². The molecule has 2 amide bonds. The van der Waals surface area contributed by atoms with E-state index in [1.165, 1.54) is 24.3 Å². The molecule has 1 atom stereocenters. The summed E-state index contributed by atoms with van der Waals surface area (Å²) in [6.07, 6.45) is 1.90. The highest BCUT2D eigenvalue weighted by Gasteiger charge is 2.46. The molecule has 0 bridgehead atoms. The van der Waals surface area contributed by atoms with Gasteiger partial charge in [0.1, 0.15) is 11.6 Å². The number of anilines is 1. The van der Waals surface area contributed by atoms with Gasteiger partial charge in [0.25, 0.3) is 5.91 Å². The van der Waals surface area contributed by atoms with Crippen LogP contribution < -0.4 is 9.80 Å². The van der Waals surface area contributed by atoms with Crippen LogP contribution in [0.25, 0.3) is 0 Å². The number of benzene rings is 2. The first-order valence-corrected chi connectivity index (χ1v) is 9.73. The Morgan fingerprint density at radius 3 is 2.32 bits per heavy atom. The lowest BCUT2D eigenvalue weighted by Gasteiger charge is -2.32. The van der Waals surface area contributed by atoms with Crippen molar-refractivity contribution in [3.05, 3.63) is 64.7 Å². The number of hydrogen-bond donors (Lipinski definition) is 1. The number of likely N-dealkylation sites (tertiary alicyclic amines) is 1. The van der Waals surface area contributed by atoms with Crippen molar-refractivity contribution in [2.45, 2.75) is 31.2 Å². The van der Waals surface area contributed by atoms with E-state index in [2.05, 4.69) is 0 Å². The molecule has 4 rings (SSSR count). The van der Waals surface area contributed by atoms with Gasteiger partial charge in [0.15, 0.2) is 6.04 Å². The van der Waals surface area contributed by atoms with E-state index < -0.39 is 11.9 Å². The zero-order valence-corrected chi connectivity index (χ0v) is 15.9. The number of quaternary nitrogens is 1. The van der Waals surface area contributed by atoms with Gasteiger partial charge in [-0.3, -0.25) is 9.59 Å². The van der Waals surface area contributed by atoms with Gasteiger partial charge in [-0.25, -0.2) is 13.7 Å². The van der Waals surface area contributed by atoms with Crippen LogP contribution >= 0.6 is 11.6 Å². The van der Waals surface area contributed by atoms with Gasteiger partial charge in [0.05, 0.1) is 30.2 Å². The molecule has 146 valence electrons. The molecule has 1 N–H and O–H groups in total. The first kappa shape index (κ1) is 19.0. The van der Waals surface area contributed by atoms with Crippen LogP contribution in [0.1, 0.15) is 30.7 Å². The molecule has 2 aliphatic heterocycles. The van der Waals surface area contributed by atoms with E-state index in [0.29, 0.717) is 11.6 Å². The first-order valence-electron chi connectivity index (χ1n) is 9.36. The molecule has 0 saturated carbocycles. The van der Waals surface area contributed by atoms with Gasteiger partial charge in [0, 0.05) is 12.8 Å². The number of imide groups is 1. The molecule has 0 spiro atoms. The summed E-state index contributed by atoms with van der Waals surface area (Å²) in [7, 11) is 0. The molecule has 2 saturated heterocycles. The maximum Gasteiger partial charge on any atom is 0.292 e. The van der Waals surface area contributed by atoms with Crippen molar-refractivity contribution in [3.8, 4) is 0 Å². The Bertz CT molecular complexity index is 911. The summed E-state index contributed by atoms with van der Waals surface area (Å²) >= 11 is 5.80. The van der Waals surface area contributed by atoms with Crippen molar-refractivity contribution in [3.63, 3.8) is 0 Å². The fourth-order valence-electron chi connectivity index (χ4n) is 4.25. The van der Waals surface area contributed by atoms with Gasteiger partial charge in [0.2, 0.25) is 5.91 Å². The van der Waals surface area contributed by atoms with E-state index in [1.807, 2.05) is 12.1 Å². The summed E-state index contributed by atoms with van der Waals surface area (Å²) in [5, 5.41) is -0.117. The normalized spacial score (nSPS) is 25.4. The number of rotatable bonds is 3. The topological polar surface area (TPSA) is 41.8 Å². The second-order valence-electron chi connectivity index (χ2n) is 7.41. The number of hydrogen-bond acceptors (Lipinski definition) is 2. The molecule has 0 aliphatic carbocycles. The molecular formula is C21H20ClF2N2O2+. The first-order chi connectivity index (χ1) is 13.4. The monoisotopic (exact) mass is 405 g/mol. The lowest BCUT2D eigenvalue weighted by molar-refractivity contribution is -0.920. The predicted octanol–water partition coefficient (Wildman–Crippen LogP) is 2.71. The van der Waals surface area contributed by atoms with E-state index in [4.69, 9.17) is 11.6 Å². The van der Waals surface area contributed by atoms with Gasteiger partial charge in [-0.2, -0.15) is 0 Å². The summed E-state index contributed by atoms with van der Waals surface area (Å²) in [4.78, 5) is 27.6. The molecule has 7 heteroatoms. The van der Waals surface area contributed by atoms with Crippen LogP contribution in [-0.4, -0.2) is 30.9 Å². The van der Waals surface area contributed by atoms with E-state index >= 15 is 0 Å². The van der Waals surface area contributed by atoms with Crippen LogP contribution in [0.3, 0.4) is 0 Å². The average Bonchev–Trinajstić information content (AvgIpc) is 2.99. The quantitative estimate of drug-likeness (QED) is 0.798. The third-order valence-corrected chi connectivity index (χ3v) is 6.06. The van der Waals surface area contributed by atoms with Gasteiger partial charge >= 0.3 is 0 Å². The van der Waals surface area contributed by atoms with Crippen LogP contribution in [0.2, 0.25) is 5.02 Å². The molecule has 4 nitrogen and oxygen atoms in total. The number of nitrogens with zero attached hydrogens (tertiary/aromatic N) is 1. The third kappa shape index (κ3) is 3.54. The van der Waals surface area contributed by atoms with Crippen molar-refractivity contribution in [1.82, 2.24) is 0 Å². The Balaban J connectivity index is 1.44. The van der Waals surface area contributed by atoms with Crippen LogP contribution in [0.4, 0.5) is 14.5 Å². The SMILES string of the molecule is O=C1C[C@H]([NH+]2CCC(c3ccc(F)cc3)CC2)C(=O)N1c1ccc(F)c(Cl)c1. The van der Waals surface area contributed by atoms with E-state index in [9.17, 15) is 18.4 Å². The Morgan fingerprint density at radius 1 is 1.00 bits per heavy atom. The number of amides is 2. The lowest BCUT2D eigenvalue weighted by Crippen LogP contribution is -3.17. The van der Waals surface area contributed by atoms with Crippen LogP contribution in [-0.2, 0) is 9.59 Å². The molecule has 2 aromatic rings. The molecule has 28 heavy (non-hydrogen) atoms. The maximum absolute atomic E-state index is 13.4. The van der Waals surface area contributed by atoms with Gasteiger partial charge in [-0.15, -0.1) is 0 Å². The Labute approximate surface area is 166 Å². The molecule has 0 radical (unpaired) electrons. The summed E-state index contributed by atoms with van der Waals surface area (Å²) in [5.74, 6) is -1.05. The highest BCUT2D eigenvalue weighted by Crippen LogP contribution is 2.28. The van der Waals surface area contributed by atoms with E-state index in [0.717, 1.165) is 47.4 Å². The van der Waals surface area contributed by atoms with Crippen LogP contribution in [0, 0.1) is 11.6 Å². The molecule has 2 aliphatic rings. The Morgan fingerprint density at radius 2 is 1.68 bits per heavy atom. The number of carbonyl (C=O) groups is 2. The van der Waals surface area contributed by atoms with Gasteiger partial charge < -0.3 is 4.90 Å². The highest BCUT2D eigenvalue weighted by molar-refractivity contribution is 6.31. The number of piperidine rings is 1. The molecule has 0 aromatic heterocycles. The summed E-state index contributed by atoms with van der Waals surface area (Å²) < 4.78 is 26.5. The maximum atomic E-state index is 13.4. The van der Waals surface area contributed by atoms with E-state index in [-0.39, 0.29) is 29.1 Å². The largest absolute Gasteiger partial charge is 0.324 e.